The minimum absolute atomic E-state index is 0.105. The summed E-state index contributed by atoms with van der Waals surface area (Å²) in [6.45, 7) is 3.49. The third-order valence-electron chi connectivity index (χ3n) is 2.69. The summed E-state index contributed by atoms with van der Waals surface area (Å²) in [4.78, 5) is 0. The first kappa shape index (κ1) is 17.9. The Bertz CT molecular complexity index is 554. The summed E-state index contributed by atoms with van der Waals surface area (Å²) in [6, 6.07) is 0.105. The average molecular weight is 328 g/mol. The Balaban J connectivity index is 3.04. The Morgan fingerprint density at radius 3 is 2.52 bits per heavy atom. The third kappa shape index (κ3) is 4.97. The molecule has 0 aliphatic heterocycles. The highest BCUT2D eigenvalue weighted by molar-refractivity contribution is 7.89. The second-order valence-corrected chi connectivity index (χ2v) is 6.68. The number of aromatic amines is 1. The van der Waals surface area contributed by atoms with Crippen LogP contribution in [-0.2, 0) is 16.6 Å². The van der Waals surface area contributed by atoms with Crippen molar-refractivity contribution in [2.45, 2.75) is 44.6 Å². The second-order valence-electron chi connectivity index (χ2n) is 4.81. The van der Waals surface area contributed by atoms with Crippen LogP contribution in [0.3, 0.4) is 0 Å². The molecule has 1 aromatic rings. The largest absolute Gasteiger partial charge is 0.402 e. The van der Waals surface area contributed by atoms with Crippen LogP contribution in [-0.4, -0.2) is 48.2 Å². The normalized spacial score (nSPS) is 13.3. The van der Waals surface area contributed by atoms with Gasteiger partial charge in [0.15, 0.2) is 5.03 Å². The van der Waals surface area contributed by atoms with Gasteiger partial charge in [0.25, 0.3) is 10.0 Å². The third-order valence-corrected chi connectivity index (χ3v) is 4.62. The topological polar surface area (TPSA) is 78.1 Å². The van der Waals surface area contributed by atoms with Crippen LogP contribution >= 0.6 is 0 Å². The van der Waals surface area contributed by atoms with Crippen LogP contribution < -0.4 is 5.32 Å². The lowest BCUT2D eigenvalue weighted by atomic mass is 10.3. The average Bonchev–Trinajstić information content (AvgIpc) is 2.81. The molecule has 0 radical (unpaired) electrons. The zero-order chi connectivity index (χ0) is 16.3. The summed E-state index contributed by atoms with van der Waals surface area (Å²) < 4.78 is 62.4. The zero-order valence-electron chi connectivity index (χ0n) is 12.0. The maximum atomic E-state index is 12.5. The van der Waals surface area contributed by atoms with E-state index >= 15 is 0 Å². The maximum absolute atomic E-state index is 12.5. The molecule has 0 atom stereocenters. The Morgan fingerprint density at radius 1 is 1.43 bits per heavy atom. The number of H-pyrrole nitrogens is 1. The molecule has 1 aromatic heterocycles. The molecule has 6 nitrogen and oxygen atoms in total. The first-order valence-corrected chi connectivity index (χ1v) is 7.84. The van der Waals surface area contributed by atoms with Crippen molar-refractivity contribution in [1.82, 2.24) is 19.8 Å². The van der Waals surface area contributed by atoms with Crippen LogP contribution in [0.2, 0.25) is 0 Å². The van der Waals surface area contributed by atoms with Gasteiger partial charge >= 0.3 is 6.18 Å². The van der Waals surface area contributed by atoms with E-state index in [0.29, 0.717) is 9.87 Å². The summed E-state index contributed by atoms with van der Waals surface area (Å²) in [7, 11) is -4.26. The van der Waals surface area contributed by atoms with E-state index in [9.17, 15) is 21.6 Å². The van der Waals surface area contributed by atoms with E-state index in [1.807, 2.05) is 13.8 Å². The molecule has 0 aromatic carbocycles. The van der Waals surface area contributed by atoms with Gasteiger partial charge in [-0.15, -0.1) is 0 Å². The van der Waals surface area contributed by atoms with Gasteiger partial charge in [-0.25, -0.2) is 8.42 Å². The minimum Gasteiger partial charge on any atom is -0.310 e. The Labute approximate surface area is 121 Å². The van der Waals surface area contributed by atoms with E-state index in [0.717, 1.165) is 0 Å². The van der Waals surface area contributed by atoms with E-state index < -0.39 is 22.7 Å². The quantitative estimate of drug-likeness (QED) is 0.795. The van der Waals surface area contributed by atoms with Crippen molar-refractivity contribution < 1.29 is 21.6 Å². The predicted molar refractivity (Wildman–Crippen MR) is 71.1 cm³/mol. The molecule has 0 amide bonds. The maximum Gasteiger partial charge on any atom is 0.402 e. The molecule has 0 bridgehead atoms. The summed E-state index contributed by atoms with van der Waals surface area (Å²) in [5.74, 6) is 0. The van der Waals surface area contributed by atoms with E-state index in [-0.39, 0.29) is 24.2 Å². The highest BCUT2D eigenvalue weighted by Gasteiger charge is 2.37. The van der Waals surface area contributed by atoms with Crippen molar-refractivity contribution in [2.24, 2.45) is 0 Å². The van der Waals surface area contributed by atoms with Gasteiger partial charge in [0, 0.05) is 24.7 Å². The fourth-order valence-electron chi connectivity index (χ4n) is 1.66. The highest BCUT2D eigenvalue weighted by atomic mass is 32.2. The standard InChI is InChI=1S/C11H19F3N4O2S/c1-4-18(7-11(12,13)14)21(19,20)10-9(6-16-17-10)5-15-8(2)3/h6,8,15H,4-5,7H2,1-3H3,(H,16,17). The van der Waals surface area contributed by atoms with Crippen LogP contribution in [0.4, 0.5) is 13.2 Å². The lowest BCUT2D eigenvalue weighted by Crippen LogP contribution is -2.39. The number of hydrogen-bond acceptors (Lipinski definition) is 4. The van der Waals surface area contributed by atoms with Gasteiger partial charge in [-0.3, -0.25) is 5.10 Å². The Hall–Kier alpha value is -1.13. The van der Waals surface area contributed by atoms with Crippen LogP contribution in [0.1, 0.15) is 26.3 Å². The molecule has 0 aliphatic carbocycles. The van der Waals surface area contributed by atoms with Gasteiger partial charge in [0.1, 0.15) is 6.54 Å². The number of rotatable bonds is 7. The molecule has 0 saturated heterocycles. The summed E-state index contributed by atoms with van der Waals surface area (Å²) in [6.07, 6.45) is -3.30. The summed E-state index contributed by atoms with van der Waals surface area (Å²) in [5.41, 5.74) is 0.310. The smallest absolute Gasteiger partial charge is 0.310 e. The molecule has 0 aliphatic rings. The number of alkyl halides is 3. The summed E-state index contributed by atoms with van der Waals surface area (Å²) >= 11 is 0. The highest BCUT2D eigenvalue weighted by Crippen LogP contribution is 2.23. The van der Waals surface area contributed by atoms with E-state index in [1.165, 1.54) is 13.1 Å². The second kappa shape index (κ2) is 6.75. The van der Waals surface area contributed by atoms with Crippen LogP contribution in [0.5, 0.6) is 0 Å². The molecule has 2 N–H and O–H groups in total. The van der Waals surface area contributed by atoms with Gasteiger partial charge in [0.2, 0.25) is 0 Å². The first-order chi connectivity index (χ1) is 9.58. The van der Waals surface area contributed by atoms with Crippen molar-refractivity contribution in [3.05, 3.63) is 11.8 Å². The number of aromatic nitrogens is 2. The van der Waals surface area contributed by atoms with Crippen molar-refractivity contribution >= 4 is 10.0 Å². The lowest BCUT2D eigenvalue weighted by Gasteiger charge is -2.21. The van der Waals surface area contributed by atoms with Crippen molar-refractivity contribution in [1.29, 1.82) is 0 Å². The van der Waals surface area contributed by atoms with Crippen LogP contribution in [0.25, 0.3) is 0 Å². The van der Waals surface area contributed by atoms with E-state index in [1.54, 1.807) is 0 Å². The Morgan fingerprint density at radius 2 is 2.05 bits per heavy atom. The number of sulfonamides is 1. The fourth-order valence-corrected chi connectivity index (χ4v) is 3.20. The van der Waals surface area contributed by atoms with Crippen LogP contribution in [0, 0.1) is 0 Å². The van der Waals surface area contributed by atoms with E-state index in [2.05, 4.69) is 15.5 Å². The van der Waals surface area contributed by atoms with Gasteiger partial charge in [-0.1, -0.05) is 20.8 Å². The summed E-state index contributed by atoms with van der Waals surface area (Å²) in [5, 5.41) is 8.61. The molecule has 1 heterocycles. The SMILES string of the molecule is CCN(CC(F)(F)F)S(=O)(=O)c1[nH]ncc1CNC(C)C. The molecular weight excluding hydrogens is 309 g/mol. The molecule has 0 spiro atoms. The van der Waals surface area contributed by atoms with Crippen molar-refractivity contribution in [2.75, 3.05) is 13.1 Å². The number of nitrogens with one attached hydrogen (secondary N) is 2. The lowest BCUT2D eigenvalue weighted by molar-refractivity contribution is -0.135. The van der Waals surface area contributed by atoms with Crippen LogP contribution in [0.15, 0.2) is 11.2 Å². The first-order valence-electron chi connectivity index (χ1n) is 6.40. The fraction of sp³-hybridized carbons (Fsp3) is 0.727. The van der Waals surface area contributed by atoms with Gasteiger partial charge in [0.05, 0.1) is 6.20 Å². The van der Waals surface area contributed by atoms with Gasteiger partial charge in [-0.2, -0.15) is 22.6 Å². The van der Waals surface area contributed by atoms with Gasteiger partial charge < -0.3 is 5.32 Å². The van der Waals surface area contributed by atoms with Crippen molar-refractivity contribution in [3.8, 4) is 0 Å². The number of hydrogen-bond donors (Lipinski definition) is 2. The van der Waals surface area contributed by atoms with Crippen molar-refractivity contribution in [3.63, 3.8) is 0 Å². The molecule has 122 valence electrons. The number of halogens is 3. The van der Waals surface area contributed by atoms with E-state index in [4.69, 9.17) is 0 Å². The minimum atomic E-state index is -4.60. The molecular formula is C11H19F3N4O2S. The molecule has 10 heteroatoms. The zero-order valence-corrected chi connectivity index (χ0v) is 12.8. The predicted octanol–water partition coefficient (Wildman–Crippen LogP) is 1.48. The molecule has 0 unspecified atom stereocenters. The molecule has 1 rings (SSSR count). The molecule has 0 saturated carbocycles. The number of nitrogens with zero attached hydrogens (tertiary/aromatic N) is 2. The monoisotopic (exact) mass is 328 g/mol. The van der Waals surface area contributed by atoms with Gasteiger partial charge in [-0.05, 0) is 0 Å². The Kier molecular flexibility index (Phi) is 5.76. The molecule has 0 fully saturated rings. The molecule has 21 heavy (non-hydrogen) atoms.